The van der Waals surface area contributed by atoms with E-state index in [0.717, 1.165) is 116 Å². The van der Waals surface area contributed by atoms with Crippen molar-refractivity contribution in [2.45, 2.75) is 168 Å². The number of esters is 3. The third-order valence-corrected chi connectivity index (χ3v) is 7.73. The average Bonchev–Trinajstić information content (AvgIpc) is 3.09. The van der Waals surface area contributed by atoms with Crippen LogP contribution in [0.4, 0.5) is 0 Å². The van der Waals surface area contributed by atoms with Gasteiger partial charge in [0.2, 0.25) is 0 Å². The number of unbranched alkanes of at least 4 members (excludes halogenated alkanes) is 10. The van der Waals surface area contributed by atoms with Crippen LogP contribution in [-0.4, -0.2) is 37.2 Å². The summed E-state index contributed by atoms with van der Waals surface area (Å²) in [4.78, 5) is 37.0. The van der Waals surface area contributed by atoms with E-state index in [-0.39, 0.29) is 31.1 Å². The molecule has 278 valence electrons. The van der Waals surface area contributed by atoms with E-state index in [2.05, 4.69) is 93.7 Å². The minimum absolute atomic E-state index is 0.0919. The van der Waals surface area contributed by atoms with E-state index in [1.165, 1.54) is 6.42 Å². The van der Waals surface area contributed by atoms with Crippen molar-refractivity contribution in [2.24, 2.45) is 0 Å². The molecule has 0 radical (unpaired) electrons. The quantitative estimate of drug-likeness (QED) is 0.0297. The molecule has 0 fully saturated rings. The number of rotatable bonds is 33. The molecule has 1 unspecified atom stereocenters. The van der Waals surface area contributed by atoms with Gasteiger partial charge in [0.15, 0.2) is 6.10 Å². The summed E-state index contributed by atoms with van der Waals surface area (Å²) < 4.78 is 16.3. The smallest absolute Gasteiger partial charge is 0.306 e. The fraction of sp³-hybridized carbons (Fsp3) is 0.651. The van der Waals surface area contributed by atoms with Crippen LogP contribution in [0.25, 0.3) is 0 Å². The predicted octanol–water partition coefficient (Wildman–Crippen LogP) is 12.0. The van der Waals surface area contributed by atoms with Crippen LogP contribution in [0.2, 0.25) is 0 Å². The number of ether oxygens (including phenoxy) is 3. The van der Waals surface area contributed by atoms with Crippen molar-refractivity contribution in [3.8, 4) is 0 Å². The second kappa shape index (κ2) is 37.7. The summed E-state index contributed by atoms with van der Waals surface area (Å²) in [7, 11) is 0. The Balaban J connectivity index is 4.20. The lowest BCUT2D eigenvalue weighted by atomic mass is 10.1. The van der Waals surface area contributed by atoms with Gasteiger partial charge in [0.05, 0.1) is 0 Å². The molecule has 0 N–H and O–H groups in total. The molecule has 6 heteroatoms. The zero-order chi connectivity index (χ0) is 35.9. The Morgan fingerprint density at radius 2 is 0.796 bits per heavy atom. The van der Waals surface area contributed by atoms with Crippen LogP contribution in [0.1, 0.15) is 162 Å². The maximum atomic E-state index is 12.4. The van der Waals surface area contributed by atoms with Crippen molar-refractivity contribution in [3.05, 3.63) is 72.9 Å². The minimum atomic E-state index is -0.782. The van der Waals surface area contributed by atoms with Crippen molar-refractivity contribution in [1.82, 2.24) is 0 Å². The fourth-order valence-electron chi connectivity index (χ4n) is 4.79. The van der Waals surface area contributed by atoms with Crippen molar-refractivity contribution >= 4 is 17.9 Å². The van der Waals surface area contributed by atoms with E-state index >= 15 is 0 Å². The Labute approximate surface area is 300 Å². The Morgan fingerprint density at radius 1 is 0.429 bits per heavy atom. The molecule has 0 spiro atoms. The van der Waals surface area contributed by atoms with E-state index in [1.54, 1.807) is 0 Å². The maximum absolute atomic E-state index is 12.4. The van der Waals surface area contributed by atoms with Crippen LogP contribution in [0.3, 0.4) is 0 Å². The van der Waals surface area contributed by atoms with E-state index in [9.17, 15) is 14.4 Å². The standard InChI is InChI=1S/C43H70O6/c1-4-7-10-13-14-15-16-17-18-19-20-21-22-23-24-25-26-27-28-31-33-36-42(45)48-39-40(49-43(46)37-34-30-12-9-6-3)38-47-41(44)35-32-29-11-8-5-2/h7,10,14-15,17-18,20-21,23-24,26-27,40H,4-6,8-9,11-13,16,19,22,25,28-39H2,1-3H3/b10-7-,15-14-,18-17-,21-20-,24-23-,27-26-. The molecule has 1 atom stereocenters. The van der Waals surface area contributed by atoms with Gasteiger partial charge < -0.3 is 14.2 Å². The molecule has 0 aliphatic rings. The van der Waals surface area contributed by atoms with Gasteiger partial charge in [-0.3, -0.25) is 14.4 Å². The average molecular weight is 683 g/mol. The first-order valence-corrected chi connectivity index (χ1v) is 19.4. The lowest BCUT2D eigenvalue weighted by molar-refractivity contribution is -0.167. The van der Waals surface area contributed by atoms with Gasteiger partial charge in [-0.05, 0) is 70.6 Å². The van der Waals surface area contributed by atoms with Gasteiger partial charge in [-0.1, -0.05) is 145 Å². The van der Waals surface area contributed by atoms with Crippen LogP contribution in [-0.2, 0) is 28.6 Å². The first kappa shape index (κ1) is 45.9. The van der Waals surface area contributed by atoms with Crippen LogP contribution in [0, 0.1) is 0 Å². The van der Waals surface area contributed by atoms with Crippen LogP contribution in [0.5, 0.6) is 0 Å². The first-order valence-electron chi connectivity index (χ1n) is 19.4. The lowest BCUT2D eigenvalue weighted by Crippen LogP contribution is -2.30. The number of carbonyl (C=O) groups is 3. The summed E-state index contributed by atoms with van der Waals surface area (Å²) in [6, 6.07) is 0. The van der Waals surface area contributed by atoms with Gasteiger partial charge >= 0.3 is 17.9 Å². The molecule has 0 aromatic rings. The van der Waals surface area contributed by atoms with Crippen LogP contribution < -0.4 is 0 Å². The molecule has 0 rings (SSSR count). The number of carbonyl (C=O) groups excluding carboxylic acids is 3. The van der Waals surface area contributed by atoms with Crippen molar-refractivity contribution in [3.63, 3.8) is 0 Å². The molecule has 0 bridgehead atoms. The molecule has 0 saturated heterocycles. The summed E-state index contributed by atoms with van der Waals surface area (Å²) in [6.07, 6.45) is 45.2. The predicted molar refractivity (Wildman–Crippen MR) is 205 cm³/mol. The largest absolute Gasteiger partial charge is 0.462 e. The van der Waals surface area contributed by atoms with Gasteiger partial charge in [-0.15, -0.1) is 0 Å². The molecule has 0 aromatic heterocycles. The zero-order valence-electron chi connectivity index (χ0n) is 31.4. The molecule has 0 heterocycles. The highest BCUT2D eigenvalue weighted by Gasteiger charge is 2.19. The van der Waals surface area contributed by atoms with Gasteiger partial charge in [-0.25, -0.2) is 0 Å². The molecule has 0 aliphatic carbocycles. The molecule has 0 amide bonds. The van der Waals surface area contributed by atoms with Crippen molar-refractivity contribution < 1.29 is 28.6 Å². The lowest BCUT2D eigenvalue weighted by Gasteiger charge is -2.18. The van der Waals surface area contributed by atoms with Gasteiger partial charge in [0.25, 0.3) is 0 Å². The number of hydrogen-bond acceptors (Lipinski definition) is 6. The zero-order valence-corrected chi connectivity index (χ0v) is 31.4. The van der Waals surface area contributed by atoms with Gasteiger partial charge in [0.1, 0.15) is 13.2 Å². The molecular formula is C43H70O6. The third-order valence-electron chi connectivity index (χ3n) is 7.73. The number of allylic oxidation sites excluding steroid dienone is 12. The summed E-state index contributed by atoms with van der Waals surface area (Å²) in [5, 5.41) is 0. The third kappa shape index (κ3) is 36.0. The monoisotopic (exact) mass is 683 g/mol. The summed E-state index contributed by atoms with van der Waals surface area (Å²) >= 11 is 0. The SMILES string of the molecule is CC/C=C\C/C=C\C/C=C\C/C=C\C/C=C\C/C=C\CCCCC(=O)OCC(COC(=O)CCCCCCC)OC(=O)CCCCCCC. The Morgan fingerprint density at radius 3 is 1.22 bits per heavy atom. The molecule has 0 saturated carbocycles. The summed E-state index contributed by atoms with van der Waals surface area (Å²) in [5.74, 6) is -0.979. The molecule has 0 aliphatic heterocycles. The summed E-state index contributed by atoms with van der Waals surface area (Å²) in [6.45, 7) is 6.26. The van der Waals surface area contributed by atoms with Crippen molar-refractivity contribution in [1.29, 1.82) is 0 Å². The van der Waals surface area contributed by atoms with E-state index in [0.29, 0.717) is 19.3 Å². The first-order chi connectivity index (χ1) is 24.0. The highest BCUT2D eigenvalue weighted by molar-refractivity contribution is 5.71. The summed E-state index contributed by atoms with van der Waals surface area (Å²) in [5.41, 5.74) is 0. The second-order valence-corrected chi connectivity index (χ2v) is 12.5. The van der Waals surface area contributed by atoms with Gasteiger partial charge in [0, 0.05) is 19.3 Å². The second-order valence-electron chi connectivity index (χ2n) is 12.5. The topological polar surface area (TPSA) is 78.9 Å². The molecule has 0 aromatic carbocycles. The number of hydrogen-bond donors (Lipinski definition) is 0. The highest BCUT2D eigenvalue weighted by Crippen LogP contribution is 2.10. The fourth-order valence-corrected chi connectivity index (χ4v) is 4.79. The molecular weight excluding hydrogens is 612 g/mol. The van der Waals surface area contributed by atoms with Crippen molar-refractivity contribution in [2.75, 3.05) is 13.2 Å². The Kier molecular flexibility index (Phi) is 35.2. The maximum Gasteiger partial charge on any atom is 0.306 e. The van der Waals surface area contributed by atoms with Crippen LogP contribution in [0.15, 0.2) is 72.9 Å². The molecule has 6 nitrogen and oxygen atoms in total. The van der Waals surface area contributed by atoms with E-state index in [4.69, 9.17) is 14.2 Å². The Hall–Kier alpha value is -3.15. The normalized spacial score (nSPS) is 12.8. The van der Waals surface area contributed by atoms with E-state index < -0.39 is 6.10 Å². The Bertz CT molecular complexity index is 971. The highest BCUT2D eigenvalue weighted by atomic mass is 16.6. The molecule has 49 heavy (non-hydrogen) atoms. The minimum Gasteiger partial charge on any atom is -0.462 e. The van der Waals surface area contributed by atoms with E-state index in [1.807, 2.05) is 0 Å². The van der Waals surface area contributed by atoms with Gasteiger partial charge in [-0.2, -0.15) is 0 Å². The van der Waals surface area contributed by atoms with Crippen LogP contribution >= 0.6 is 0 Å².